The van der Waals surface area contributed by atoms with Crippen LogP contribution in [0.2, 0.25) is 0 Å². The van der Waals surface area contributed by atoms with Crippen LogP contribution >= 0.6 is 0 Å². The summed E-state index contributed by atoms with van der Waals surface area (Å²) in [5.74, 6) is -0.718. The van der Waals surface area contributed by atoms with E-state index in [1.165, 1.54) is 0 Å². The van der Waals surface area contributed by atoms with E-state index in [4.69, 9.17) is 16.6 Å². The quantitative estimate of drug-likeness (QED) is 0.308. The Balaban J connectivity index is 4.04. The number of amides is 2. The molecule has 0 spiro atoms. The van der Waals surface area contributed by atoms with Crippen molar-refractivity contribution in [2.45, 2.75) is 38.3 Å². The largest absolute Gasteiger partial charge is 0.394 e. The number of carbonyl (C=O) groups is 2. The average molecular weight is 260 g/mol. The van der Waals surface area contributed by atoms with Gasteiger partial charge in [-0.25, -0.2) is 0 Å². The lowest BCUT2D eigenvalue weighted by Gasteiger charge is -2.19. The Morgan fingerprint density at radius 2 is 1.89 bits per heavy atom. The molecule has 0 aromatic rings. The van der Waals surface area contributed by atoms with Crippen LogP contribution in [0, 0.1) is 0 Å². The average Bonchev–Trinajstić information content (AvgIpc) is 2.37. The molecular formula is C11H24N4O3. The van der Waals surface area contributed by atoms with Gasteiger partial charge in [0, 0.05) is 0 Å². The highest BCUT2D eigenvalue weighted by Crippen LogP contribution is 2.00. The van der Waals surface area contributed by atoms with Gasteiger partial charge in [-0.05, 0) is 26.3 Å². The Labute approximate surface area is 107 Å². The van der Waals surface area contributed by atoms with E-state index in [1.54, 1.807) is 6.92 Å². The standard InChI is InChI=1S/C11H24N4O3/c1-8(14-10(17)6-13)11(18)15-9(7-16)4-2-3-5-12/h8-9,16H,2-7,12-13H2,1H3,(H,14,17)(H,15,18)/t8-,9-/m0/s1. The minimum absolute atomic E-state index is 0.131. The Hall–Kier alpha value is -1.18. The van der Waals surface area contributed by atoms with Crippen molar-refractivity contribution in [3.63, 3.8) is 0 Å². The number of carbonyl (C=O) groups excluding carboxylic acids is 2. The topological polar surface area (TPSA) is 130 Å². The van der Waals surface area contributed by atoms with E-state index in [0.29, 0.717) is 13.0 Å². The molecule has 0 heterocycles. The Kier molecular flexibility index (Phi) is 9.17. The summed E-state index contributed by atoms with van der Waals surface area (Å²) in [6.45, 7) is 1.87. The maximum atomic E-state index is 11.7. The summed E-state index contributed by atoms with van der Waals surface area (Å²) in [6, 6.07) is -0.967. The number of rotatable bonds is 9. The van der Waals surface area contributed by atoms with Crippen molar-refractivity contribution in [3.8, 4) is 0 Å². The first kappa shape index (κ1) is 16.8. The molecule has 0 rings (SSSR count). The third-order valence-corrected chi connectivity index (χ3v) is 2.53. The van der Waals surface area contributed by atoms with Gasteiger partial charge in [-0.2, -0.15) is 0 Å². The second kappa shape index (κ2) is 9.81. The molecule has 0 aromatic heterocycles. The Bertz CT molecular complexity index is 261. The molecule has 18 heavy (non-hydrogen) atoms. The predicted octanol–water partition coefficient (Wildman–Crippen LogP) is -1.94. The molecule has 7 N–H and O–H groups in total. The van der Waals surface area contributed by atoms with Crippen LogP contribution < -0.4 is 22.1 Å². The van der Waals surface area contributed by atoms with Crippen molar-refractivity contribution >= 4 is 11.8 Å². The highest BCUT2D eigenvalue weighted by atomic mass is 16.3. The SMILES string of the molecule is C[C@H](NC(=O)CN)C(=O)N[C@H](CO)CCCCN. The van der Waals surface area contributed by atoms with Gasteiger partial charge in [0.2, 0.25) is 11.8 Å². The fraction of sp³-hybridized carbons (Fsp3) is 0.818. The van der Waals surface area contributed by atoms with Gasteiger partial charge in [-0.3, -0.25) is 9.59 Å². The van der Waals surface area contributed by atoms with E-state index in [2.05, 4.69) is 10.6 Å². The van der Waals surface area contributed by atoms with Crippen LogP contribution in [0.1, 0.15) is 26.2 Å². The first-order valence-electron chi connectivity index (χ1n) is 6.15. The highest BCUT2D eigenvalue weighted by molar-refractivity contribution is 5.88. The van der Waals surface area contributed by atoms with Crippen molar-refractivity contribution in [2.24, 2.45) is 11.5 Å². The summed E-state index contributed by atoms with van der Waals surface area (Å²) in [4.78, 5) is 22.7. The van der Waals surface area contributed by atoms with Gasteiger partial charge in [0.05, 0.1) is 19.2 Å². The van der Waals surface area contributed by atoms with Gasteiger partial charge >= 0.3 is 0 Å². The number of hydrogen-bond acceptors (Lipinski definition) is 5. The van der Waals surface area contributed by atoms with Crippen molar-refractivity contribution < 1.29 is 14.7 Å². The summed E-state index contributed by atoms with van der Waals surface area (Å²) >= 11 is 0. The van der Waals surface area contributed by atoms with Gasteiger partial charge in [0.1, 0.15) is 6.04 Å². The molecule has 2 amide bonds. The first-order chi connectivity index (χ1) is 8.54. The lowest BCUT2D eigenvalue weighted by molar-refractivity contribution is -0.128. The molecule has 7 nitrogen and oxygen atoms in total. The summed E-state index contributed by atoms with van der Waals surface area (Å²) in [7, 11) is 0. The molecule has 0 saturated carbocycles. The number of aliphatic hydroxyl groups excluding tert-OH is 1. The van der Waals surface area contributed by atoms with Gasteiger partial charge in [0.25, 0.3) is 0 Å². The predicted molar refractivity (Wildman–Crippen MR) is 68.6 cm³/mol. The highest BCUT2D eigenvalue weighted by Gasteiger charge is 2.18. The van der Waals surface area contributed by atoms with Crippen LogP contribution in [0.3, 0.4) is 0 Å². The van der Waals surface area contributed by atoms with E-state index in [1.807, 2.05) is 0 Å². The van der Waals surface area contributed by atoms with Crippen LogP contribution in [-0.4, -0.2) is 48.7 Å². The minimum atomic E-state index is -0.662. The molecule has 0 radical (unpaired) electrons. The van der Waals surface area contributed by atoms with Crippen molar-refractivity contribution in [2.75, 3.05) is 19.7 Å². The van der Waals surface area contributed by atoms with Crippen molar-refractivity contribution in [3.05, 3.63) is 0 Å². The van der Waals surface area contributed by atoms with Crippen molar-refractivity contribution in [1.29, 1.82) is 0 Å². The second-order valence-electron chi connectivity index (χ2n) is 4.17. The molecule has 0 aliphatic heterocycles. The normalized spacial score (nSPS) is 13.8. The molecule has 106 valence electrons. The van der Waals surface area contributed by atoms with Gasteiger partial charge < -0.3 is 27.2 Å². The number of hydrogen-bond donors (Lipinski definition) is 5. The molecular weight excluding hydrogens is 236 g/mol. The molecule has 0 aromatic carbocycles. The number of unbranched alkanes of at least 4 members (excludes halogenated alkanes) is 1. The van der Waals surface area contributed by atoms with Crippen LogP contribution in [0.4, 0.5) is 0 Å². The first-order valence-corrected chi connectivity index (χ1v) is 6.15. The molecule has 7 heteroatoms. The van der Waals surface area contributed by atoms with Gasteiger partial charge in [-0.15, -0.1) is 0 Å². The zero-order valence-corrected chi connectivity index (χ0v) is 10.8. The Morgan fingerprint density at radius 3 is 2.39 bits per heavy atom. The summed E-state index contributed by atoms with van der Waals surface area (Å²) in [5, 5.41) is 14.2. The van der Waals surface area contributed by atoms with E-state index >= 15 is 0 Å². The lowest BCUT2D eigenvalue weighted by atomic mass is 10.1. The molecule has 0 aliphatic carbocycles. The van der Waals surface area contributed by atoms with Crippen molar-refractivity contribution in [1.82, 2.24) is 10.6 Å². The number of aliphatic hydroxyl groups is 1. The van der Waals surface area contributed by atoms with E-state index in [0.717, 1.165) is 12.8 Å². The van der Waals surface area contributed by atoms with Gasteiger partial charge in [-0.1, -0.05) is 6.42 Å². The third kappa shape index (κ3) is 7.21. The fourth-order valence-electron chi connectivity index (χ4n) is 1.44. The zero-order valence-electron chi connectivity index (χ0n) is 10.8. The summed E-state index contributed by atoms with van der Waals surface area (Å²) in [6.07, 6.45) is 2.36. The summed E-state index contributed by atoms with van der Waals surface area (Å²) in [5.41, 5.74) is 10.5. The fourth-order valence-corrected chi connectivity index (χ4v) is 1.44. The lowest BCUT2D eigenvalue weighted by Crippen LogP contribution is -2.50. The minimum Gasteiger partial charge on any atom is -0.394 e. The molecule has 0 saturated heterocycles. The molecule has 0 bridgehead atoms. The molecule has 0 aliphatic rings. The third-order valence-electron chi connectivity index (χ3n) is 2.53. The molecule has 0 unspecified atom stereocenters. The Morgan fingerprint density at radius 1 is 1.22 bits per heavy atom. The number of nitrogens with two attached hydrogens (primary N) is 2. The second-order valence-corrected chi connectivity index (χ2v) is 4.17. The maximum absolute atomic E-state index is 11.7. The molecule has 0 fully saturated rings. The van der Waals surface area contributed by atoms with E-state index in [-0.39, 0.29) is 31.0 Å². The van der Waals surface area contributed by atoms with Crippen LogP contribution in [-0.2, 0) is 9.59 Å². The monoisotopic (exact) mass is 260 g/mol. The number of nitrogens with one attached hydrogen (secondary N) is 2. The van der Waals surface area contributed by atoms with E-state index in [9.17, 15) is 9.59 Å². The molecule has 2 atom stereocenters. The van der Waals surface area contributed by atoms with Gasteiger partial charge in [0.15, 0.2) is 0 Å². The smallest absolute Gasteiger partial charge is 0.242 e. The van der Waals surface area contributed by atoms with Crippen LogP contribution in [0.25, 0.3) is 0 Å². The van der Waals surface area contributed by atoms with Crippen LogP contribution in [0.15, 0.2) is 0 Å². The van der Waals surface area contributed by atoms with E-state index < -0.39 is 6.04 Å². The van der Waals surface area contributed by atoms with Crippen LogP contribution in [0.5, 0.6) is 0 Å². The maximum Gasteiger partial charge on any atom is 0.242 e. The zero-order chi connectivity index (χ0) is 14.0. The summed E-state index contributed by atoms with van der Waals surface area (Å²) < 4.78 is 0.